The number of hydrogen-bond acceptors (Lipinski definition) is 5. The number of ether oxygens (including phenoxy) is 1. The van der Waals surface area contributed by atoms with Crippen molar-refractivity contribution in [2.75, 3.05) is 13.0 Å². The fourth-order valence-electron chi connectivity index (χ4n) is 3.31. The highest BCUT2D eigenvalue weighted by atomic mass is 35.5. The molecule has 2 aromatic carbocycles. The van der Waals surface area contributed by atoms with Gasteiger partial charge in [0.25, 0.3) is 0 Å². The summed E-state index contributed by atoms with van der Waals surface area (Å²) in [5, 5.41) is 8.34. The second kappa shape index (κ2) is 9.78. The van der Waals surface area contributed by atoms with E-state index < -0.39 is 0 Å². The first kappa shape index (κ1) is 21.8. The lowest BCUT2D eigenvalue weighted by atomic mass is 10.1. The van der Waals surface area contributed by atoms with Crippen molar-refractivity contribution in [1.82, 2.24) is 19.7 Å². The van der Waals surface area contributed by atoms with Crippen molar-refractivity contribution in [3.05, 3.63) is 78.0 Å². The Kier molecular flexibility index (Phi) is 6.66. The Balaban J connectivity index is 1.67. The number of benzene rings is 2. The summed E-state index contributed by atoms with van der Waals surface area (Å²) in [4.78, 5) is 4.28. The summed E-state index contributed by atoms with van der Waals surface area (Å²) in [6.45, 7) is 1.94. The van der Waals surface area contributed by atoms with Crippen LogP contribution in [0.15, 0.2) is 59.4 Å². The normalized spacial score (nSPS) is 11.7. The molecular weight excluding hydrogens is 431 g/mol. The van der Waals surface area contributed by atoms with Gasteiger partial charge in [-0.3, -0.25) is 0 Å². The zero-order valence-electron chi connectivity index (χ0n) is 17.8. The second-order valence-electron chi connectivity index (χ2n) is 7.23. The molecule has 0 N–H and O–H groups in total. The predicted molar refractivity (Wildman–Crippen MR) is 122 cm³/mol. The highest BCUT2D eigenvalue weighted by Gasteiger charge is 2.14. The average Bonchev–Trinajstić information content (AvgIpc) is 3.46. The number of alkyl halides is 1. The molecule has 0 aliphatic rings. The minimum atomic E-state index is -0.320. The Bertz CT molecular complexity index is 1230. The predicted octanol–water partition coefficient (Wildman–Crippen LogP) is 5.94. The molecule has 0 spiro atoms. The first-order chi connectivity index (χ1) is 15.6. The van der Waals surface area contributed by atoms with Gasteiger partial charge in [0.05, 0.1) is 24.8 Å². The zero-order chi connectivity index (χ0) is 22.5. The Labute approximate surface area is 190 Å². The van der Waals surface area contributed by atoms with Gasteiger partial charge < -0.3 is 13.7 Å². The van der Waals surface area contributed by atoms with Crippen LogP contribution in [-0.4, -0.2) is 32.7 Å². The highest BCUT2D eigenvalue weighted by Crippen LogP contribution is 2.29. The van der Waals surface area contributed by atoms with Crippen molar-refractivity contribution in [3.8, 4) is 22.9 Å². The number of halogens is 2. The molecule has 2 heterocycles. The molecule has 0 unspecified atom stereocenters. The molecule has 4 rings (SSSR count). The Morgan fingerprint density at radius 1 is 1.19 bits per heavy atom. The SMILES string of the molecule is COc1cc(/C=C(\CCCCl)c2nnc(-c3ccc(F)cc3)o2)ccc1-n1cnc(C)c1. The molecule has 0 bridgehead atoms. The molecule has 0 aliphatic carbocycles. The summed E-state index contributed by atoms with van der Waals surface area (Å²) < 4.78 is 26.6. The van der Waals surface area contributed by atoms with E-state index in [4.69, 9.17) is 20.8 Å². The minimum absolute atomic E-state index is 0.320. The summed E-state index contributed by atoms with van der Waals surface area (Å²) in [5.74, 6) is 1.64. The lowest BCUT2D eigenvalue weighted by Gasteiger charge is -2.10. The molecular formula is C24H22ClFN4O2. The number of imidazole rings is 1. The van der Waals surface area contributed by atoms with E-state index in [1.54, 1.807) is 25.6 Å². The van der Waals surface area contributed by atoms with Crippen LogP contribution in [0.2, 0.25) is 0 Å². The molecule has 0 saturated carbocycles. The van der Waals surface area contributed by atoms with E-state index in [0.717, 1.165) is 28.9 Å². The van der Waals surface area contributed by atoms with Crippen molar-refractivity contribution in [3.63, 3.8) is 0 Å². The number of aromatic nitrogens is 4. The van der Waals surface area contributed by atoms with Crippen molar-refractivity contribution in [2.45, 2.75) is 19.8 Å². The maximum Gasteiger partial charge on any atom is 0.248 e. The minimum Gasteiger partial charge on any atom is -0.495 e. The van der Waals surface area contributed by atoms with Gasteiger partial charge in [-0.05, 0) is 67.8 Å². The molecule has 8 heteroatoms. The van der Waals surface area contributed by atoms with Gasteiger partial charge in [-0.25, -0.2) is 9.37 Å². The first-order valence-electron chi connectivity index (χ1n) is 10.1. The highest BCUT2D eigenvalue weighted by molar-refractivity contribution is 6.17. The van der Waals surface area contributed by atoms with Gasteiger partial charge in [0.1, 0.15) is 11.6 Å². The molecule has 0 radical (unpaired) electrons. The van der Waals surface area contributed by atoms with Gasteiger partial charge in [-0.1, -0.05) is 6.07 Å². The molecule has 6 nitrogen and oxygen atoms in total. The standard InChI is InChI=1S/C24H22ClFN4O2/c1-16-14-30(15-27-16)21-10-5-17(13-22(21)31-2)12-19(4-3-11-25)24-29-28-23(32-24)18-6-8-20(26)9-7-18/h5-10,12-15H,3-4,11H2,1-2H3/b19-12+. The number of allylic oxidation sites excluding steroid dienone is 1. The van der Waals surface area contributed by atoms with Crippen LogP contribution in [-0.2, 0) is 0 Å². The first-order valence-corrected chi connectivity index (χ1v) is 10.7. The average molecular weight is 453 g/mol. The van der Waals surface area contributed by atoms with Crippen LogP contribution in [0, 0.1) is 12.7 Å². The van der Waals surface area contributed by atoms with E-state index >= 15 is 0 Å². The Morgan fingerprint density at radius 3 is 2.69 bits per heavy atom. The van der Waals surface area contributed by atoms with Gasteiger partial charge in [-0.2, -0.15) is 0 Å². The van der Waals surface area contributed by atoms with Gasteiger partial charge in [0.15, 0.2) is 0 Å². The molecule has 0 aliphatic heterocycles. The van der Waals surface area contributed by atoms with E-state index in [1.165, 1.54) is 12.1 Å². The fourth-order valence-corrected chi connectivity index (χ4v) is 3.45. The second-order valence-corrected chi connectivity index (χ2v) is 7.61. The number of hydrogen-bond donors (Lipinski definition) is 0. The Hall–Kier alpha value is -3.45. The largest absolute Gasteiger partial charge is 0.495 e. The number of aryl methyl sites for hydroxylation is 1. The lowest BCUT2D eigenvalue weighted by Crippen LogP contribution is -1.96. The summed E-state index contributed by atoms with van der Waals surface area (Å²) in [6, 6.07) is 11.8. The Morgan fingerprint density at radius 2 is 2.00 bits per heavy atom. The topological polar surface area (TPSA) is 66.0 Å². The van der Waals surface area contributed by atoms with Gasteiger partial charge in [0, 0.05) is 23.2 Å². The fraction of sp³-hybridized carbons (Fsp3) is 0.208. The van der Waals surface area contributed by atoms with Crippen molar-refractivity contribution in [2.24, 2.45) is 0 Å². The zero-order valence-corrected chi connectivity index (χ0v) is 18.5. The maximum absolute atomic E-state index is 13.2. The molecule has 0 saturated heterocycles. The molecule has 0 amide bonds. The summed E-state index contributed by atoms with van der Waals surface area (Å²) >= 11 is 5.93. The van der Waals surface area contributed by atoms with Crippen LogP contribution in [0.5, 0.6) is 5.75 Å². The van der Waals surface area contributed by atoms with E-state index in [2.05, 4.69) is 15.2 Å². The van der Waals surface area contributed by atoms with E-state index in [0.29, 0.717) is 35.4 Å². The summed E-state index contributed by atoms with van der Waals surface area (Å²) in [6.07, 6.45) is 7.10. The van der Waals surface area contributed by atoms with Gasteiger partial charge in [-0.15, -0.1) is 21.8 Å². The summed E-state index contributed by atoms with van der Waals surface area (Å²) in [5.41, 5.74) is 4.26. The molecule has 4 aromatic rings. The van der Waals surface area contributed by atoms with Crippen LogP contribution < -0.4 is 4.74 Å². The van der Waals surface area contributed by atoms with Gasteiger partial charge >= 0.3 is 0 Å². The van der Waals surface area contributed by atoms with E-state index in [-0.39, 0.29) is 5.82 Å². The van der Waals surface area contributed by atoms with Crippen LogP contribution in [0.25, 0.3) is 28.8 Å². The van der Waals surface area contributed by atoms with Crippen LogP contribution in [0.3, 0.4) is 0 Å². The molecule has 0 fully saturated rings. The van der Waals surface area contributed by atoms with Crippen LogP contribution in [0.4, 0.5) is 4.39 Å². The quantitative estimate of drug-likeness (QED) is 0.309. The van der Waals surface area contributed by atoms with E-state index in [1.807, 2.05) is 42.0 Å². The van der Waals surface area contributed by atoms with Crippen LogP contribution >= 0.6 is 11.6 Å². The monoisotopic (exact) mass is 452 g/mol. The lowest BCUT2D eigenvalue weighted by molar-refractivity contribution is 0.413. The number of rotatable bonds is 8. The maximum atomic E-state index is 13.2. The smallest absolute Gasteiger partial charge is 0.248 e. The third-order valence-electron chi connectivity index (χ3n) is 4.91. The van der Waals surface area contributed by atoms with Crippen molar-refractivity contribution in [1.29, 1.82) is 0 Å². The number of methoxy groups -OCH3 is 1. The van der Waals surface area contributed by atoms with Crippen LogP contribution in [0.1, 0.15) is 30.0 Å². The molecule has 2 aromatic heterocycles. The third kappa shape index (κ3) is 4.89. The van der Waals surface area contributed by atoms with Gasteiger partial charge in [0.2, 0.25) is 11.8 Å². The molecule has 32 heavy (non-hydrogen) atoms. The van der Waals surface area contributed by atoms with E-state index in [9.17, 15) is 4.39 Å². The van der Waals surface area contributed by atoms with Crippen molar-refractivity contribution >= 4 is 23.3 Å². The summed E-state index contributed by atoms with van der Waals surface area (Å²) in [7, 11) is 1.64. The number of nitrogens with zero attached hydrogens (tertiary/aromatic N) is 4. The van der Waals surface area contributed by atoms with Crippen molar-refractivity contribution < 1.29 is 13.5 Å². The third-order valence-corrected chi connectivity index (χ3v) is 5.17. The molecule has 0 atom stereocenters. The molecule has 164 valence electrons.